The Labute approximate surface area is 114 Å². The zero-order chi connectivity index (χ0) is 13.0. The molecule has 2 unspecified atom stereocenters. The van der Waals surface area contributed by atoms with Gasteiger partial charge in [0.2, 0.25) is 0 Å². The van der Waals surface area contributed by atoms with Gasteiger partial charge < -0.3 is 10.1 Å². The Morgan fingerprint density at radius 2 is 2.33 bits per heavy atom. The molecule has 2 atom stereocenters. The number of aryl methyl sites for hydroxylation is 1. The Bertz CT molecular complexity index is 394. The smallest absolute Gasteiger partial charge is 0.126 e. The van der Waals surface area contributed by atoms with Crippen LogP contribution in [0.1, 0.15) is 36.9 Å². The van der Waals surface area contributed by atoms with Crippen LogP contribution in [-0.2, 0) is 0 Å². The number of hydrogen-bond acceptors (Lipinski definition) is 3. The summed E-state index contributed by atoms with van der Waals surface area (Å²) in [6.07, 6.45) is 4.46. The summed E-state index contributed by atoms with van der Waals surface area (Å²) in [5, 5.41) is 4.35. The van der Waals surface area contributed by atoms with Crippen LogP contribution in [0.2, 0.25) is 0 Å². The third kappa shape index (κ3) is 3.21. The van der Waals surface area contributed by atoms with Gasteiger partial charge in [0.05, 0.1) is 6.61 Å². The standard InChI is InChI=1S/C15H23NOS/c1-11-6-4-7-13-14(16-10-12(2)18-3)8-5-9-17-15(11)13/h4,6-7,12,14,16H,5,8-10H2,1-3H3. The second-order valence-corrected chi connectivity index (χ2v) is 6.27. The van der Waals surface area contributed by atoms with Crippen LogP contribution in [0.4, 0.5) is 0 Å². The molecule has 0 amide bonds. The number of nitrogens with one attached hydrogen (secondary N) is 1. The molecule has 0 saturated carbocycles. The molecule has 0 aromatic heterocycles. The van der Waals surface area contributed by atoms with Crippen molar-refractivity contribution in [3.63, 3.8) is 0 Å². The second-order valence-electron chi connectivity index (χ2n) is 4.99. The molecule has 1 heterocycles. The summed E-state index contributed by atoms with van der Waals surface area (Å²) in [4.78, 5) is 0. The normalized spacial score (nSPS) is 20.7. The molecule has 2 nitrogen and oxygen atoms in total. The fourth-order valence-corrected chi connectivity index (χ4v) is 2.63. The van der Waals surface area contributed by atoms with Gasteiger partial charge in [0.1, 0.15) is 5.75 Å². The number of hydrogen-bond donors (Lipinski definition) is 1. The van der Waals surface area contributed by atoms with Gasteiger partial charge in [-0.1, -0.05) is 25.1 Å². The highest BCUT2D eigenvalue weighted by Gasteiger charge is 2.20. The maximum absolute atomic E-state index is 5.90. The van der Waals surface area contributed by atoms with Gasteiger partial charge in [-0.15, -0.1) is 0 Å². The van der Waals surface area contributed by atoms with Crippen LogP contribution in [-0.4, -0.2) is 24.7 Å². The first-order valence-corrected chi connectivity index (χ1v) is 7.99. The SMILES string of the molecule is CSC(C)CNC1CCCOc2c(C)cccc21. The Kier molecular flexibility index (Phi) is 4.95. The van der Waals surface area contributed by atoms with E-state index in [0.29, 0.717) is 11.3 Å². The maximum atomic E-state index is 5.90. The van der Waals surface area contributed by atoms with Crippen molar-refractivity contribution in [2.75, 3.05) is 19.4 Å². The lowest BCUT2D eigenvalue weighted by molar-refractivity contribution is 0.313. The molecular formula is C15H23NOS. The summed E-state index contributed by atoms with van der Waals surface area (Å²) in [6, 6.07) is 6.91. The van der Waals surface area contributed by atoms with Gasteiger partial charge in [-0.3, -0.25) is 0 Å². The van der Waals surface area contributed by atoms with Crippen molar-refractivity contribution in [2.24, 2.45) is 0 Å². The first-order chi connectivity index (χ1) is 8.72. The van der Waals surface area contributed by atoms with Crippen LogP contribution < -0.4 is 10.1 Å². The molecule has 1 aromatic rings. The van der Waals surface area contributed by atoms with E-state index in [-0.39, 0.29) is 0 Å². The molecule has 100 valence electrons. The van der Waals surface area contributed by atoms with Crippen LogP contribution in [0, 0.1) is 6.92 Å². The Hall–Kier alpha value is -0.670. The van der Waals surface area contributed by atoms with Crippen LogP contribution in [0.3, 0.4) is 0 Å². The van der Waals surface area contributed by atoms with Gasteiger partial charge in [0, 0.05) is 23.4 Å². The average molecular weight is 265 g/mol. The molecular weight excluding hydrogens is 242 g/mol. The zero-order valence-electron chi connectivity index (χ0n) is 11.5. The van der Waals surface area contributed by atoms with E-state index in [1.165, 1.54) is 11.1 Å². The van der Waals surface area contributed by atoms with Crippen LogP contribution in [0.25, 0.3) is 0 Å². The van der Waals surface area contributed by atoms with Gasteiger partial charge >= 0.3 is 0 Å². The van der Waals surface area contributed by atoms with Crippen molar-refractivity contribution in [1.29, 1.82) is 0 Å². The van der Waals surface area contributed by atoms with E-state index in [4.69, 9.17) is 4.74 Å². The molecule has 3 heteroatoms. The van der Waals surface area contributed by atoms with E-state index in [2.05, 4.69) is 43.6 Å². The minimum absolute atomic E-state index is 0.442. The summed E-state index contributed by atoms with van der Waals surface area (Å²) in [5.74, 6) is 1.10. The molecule has 0 spiro atoms. The molecule has 0 saturated heterocycles. The van der Waals surface area contributed by atoms with Gasteiger partial charge in [-0.2, -0.15) is 11.8 Å². The number of thioether (sulfide) groups is 1. The third-order valence-electron chi connectivity index (χ3n) is 3.56. The summed E-state index contributed by atoms with van der Waals surface area (Å²) >= 11 is 1.91. The van der Waals surface area contributed by atoms with Crippen molar-refractivity contribution in [3.8, 4) is 5.75 Å². The minimum Gasteiger partial charge on any atom is -0.493 e. The van der Waals surface area contributed by atoms with E-state index in [1.54, 1.807) is 0 Å². The highest BCUT2D eigenvalue weighted by atomic mass is 32.2. The lowest BCUT2D eigenvalue weighted by Crippen LogP contribution is -2.27. The third-order valence-corrected chi connectivity index (χ3v) is 4.53. The fraction of sp³-hybridized carbons (Fsp3) is 0.600. The van der Waals surface area contributed by atoms with Crippen molar-refractivity contribution < 1.29 is 4.74 Å². The van der Waals surface area contributed by atoms with E-state index >= 15 is 0 Å². The largest absolute Gasteiger partial charge is 0.493 e. The van der Waals surface area contributed by atoms with Crippen molar-refractivity contribution >= 4 is 11.8 Å². The molecule has 18 heavy (non-hydrogen) atoms. The Morgan fingerprint density at radius 1 is 1.50 bits per heavy atom. The van der Waals surface area contributed by atoms with Crippen molar-refractivity contribution in [1.82, 2.24) is 5.32 Å². The van der Waals surface area contributed by atoms with Gasteiger partial charge in [0.15, 0.2) is 0 Å². The first-order valence-electron chi connectivity index (χ1n) is 6.71. The molecule has 2 rings (SSSR count). The molecule has 1 aromatic carbocycles. The molecule has 0 radical (unpaired) electrons. The molecule has 1 aliphatic rings. The van der Waals surface area contributed by atoms with Crippen molar-refractivity contribution in [2.45, 2.75) is 38.0 Å². The van der Waals surface area contributed by atoms with E-state index < -0.39 is 0 Å². The lowest BCUT2D eigenvalue weighted by atomic mass is 10.00. The van der Waals surface area contributed by atoms with Crippen LogP contribution >= 0.6 is 11.8 Å². The number of benzene rings is 1. The first kappa shape index (κ1) is 13.8. The van der Waals surface area contributed by atoms with Crippen LogP contribution in [0.15, 0.2) is 18.2 Å². The highest BCUT2D eigenvalue weighted by Crippen LogP contribution is 2.33. The monoisotopic (exact) mass is 265 g/mol. The highest BCUT2D eigenvalue weighted by molar-refractivity contribution is 7.99. The van der Waals surface area contributed by atoms with Gasteiger partial charge in [-0.05, 0) is 31.6 Å². The van der Waals surface area contributed by atoms with Crippen molar-refractivity contribution in [3.05, 3.63) is 29.3 Å². The fourth-order valence-electron chi connectivity index (χ4n) is 2.37. The number of para-hydroxylation sites is 1. The second kappa shape index (κ2) is 6.48. The predicted molar refractivity (Wildman–Crippen MR) is 79.6 cm³/mol. The lowest BCUT2D eigenvalue weighted by Gasteiger charge is -2.21. The topological polar surface area (TPSA) is 21.3 Å². The summed E-state index contributed by atoms with van der Waals surface area (Å²) in [7, 11) is 0. The quantitative estimate of drug-likeness (QED) is 0.899. The van der Waals surface area contributed by atoms with E-state index in [9.17, 15) is 0 Å². The summed E-state index contributed by atoms with van der Waals surface area (Å²) in [5.41, 5.74) is 2.58. The molecule has 1 N–H and O–H groups in total. The van der Waals surface area contributed by atoms with Crippen LogP contribution in [0.5, 0.6) is 5.75 Å². The zero-order valence-corrected chi connectivity index (χ0v) is 12.3. The summed E-state index contributed by atoms with van der Waals surface area (Å²) in [6.45, 7) is 6.29. The number of ether oxygens (including phenoxy) is 1. The van der Waals surface area contributed by atoms with E-state index in [0.717, 1.165) is 31.7 Å². The van der Waals surface area contributed by atoms with Gasteiger partial charge in [0.25, 0.3) is 0 Å². The Morgan fingerprint density at radius 3 is 3.11 bits per heavy atom. The molecule has 0 bridgehead atoms. The minimum atomic E-state index is 0.442. The molecule has 0 aliphatic carbocycles. The number of fused-ring (bicyclic) bond motifs is 1. The maximum Gasteiger partial charge on any atom is 0.126 e. The summed E-state index contributed by atoms with van der Waals surface area (Å²) < 4.78 is 5.90. The number of rotatable bonds is 4. The van der Waals surface area contributed by atoms with E-state index in [1.807, 2.05) is 11.8 Å². The molecule has 1 aliphatic heterocycles. The Balaban J connectivity index is 2.14. The molecule has 0 fully saturated rings. The van der Waals surface area contributed by atoms with Gasteiger partial charge in [-0.25, -0.2) is 0 Å². The predicted octanol–water partition coefficient (Wildman–Crippen LogP) is 3.55. The average Bonchev–Trinajstić information content (AvgIpc) is 2.59.